The van der Waals surface area contributed by atoms with Gasteiger partial charge in [0.1, 0.15) is 5.75 Å². The molecule has 0 aliphatic carbocycles. The van der Waals surface area contributed by atoms with E-state index in [1.165, 1.54) is 82.2 Å². The second-order valence-corrected chi connectivity index (χ2v) is 10.3. The molecule has 0 aliphatic heterocycles. The minimum Gasteiger partial charge on any atom is -0.493 e. The zero-order valence-electron chi connectivity index (χ0n) is 25.2. The number of carbonyl (C=O) groups is 3. The van der Waals surface area contributed by atoms with Crippen LogP contribution in [-0.4, -0.2) is 50.3 Å². The standard InChI is InChI=1S/C33H27BrN4O9/c1-44-28-17-22(18-29(45-2)31(28)46-3)32(40)36-25-6-4-5-21(16-25)33(41)37-35-19-23-15-24(34)10-13-27(23)47-30(39)14-9-20-7-11-26(12-8-20)38(42)43/h4-19H,1-3H3,(H,36,40)(H,37,41)/b14-9+,35-19?. The number of non-ortho nitro benzene ring substituents is 1. The lowest BCUT2D eigenvalue weighted by molar-refractivity contribution is -0.384. The summed E-state index contributed by atoms with van der Waals surface area (Å²) in [6.07, 6.45) is 3.95. The first-order valence-corrected chi connectivity index (χ1v) is 14.4. The van der Waals surface area contributed by atoms with Crippen molar-refractivity contribution in [2.45, 2.75) is 0 Å². The van der Waals surface area contributed by atoms with E-state index < -0.39 is 22.7 Å². The van der Waals surface area contributed by atoms with Crippen LogP contribution in [0.1, 0.15) is 31.8 Å². The van der Waals surface area contributed by atoms with E-state index in [1.54, 1.807) is 36.4 Å². The number of hydrazone groups is 1. The summed E-state index contributed by atoms with van der Waals surface area (Å²) in [6, 6.07) is 19.7. The minimum atomic E-state index is -0.699. The first-order valence-electron chi connectivity index (χ1n) is 13.6. The molecule has 0 radical (unpaired) electrons. The highest BCUT2D eigenvalue weighted by molar-refractivity contribution is 9.10. The van der Waals surface area contributed by atoms with Crippen LogP contribution in [0.15, 0.2) is 94.5 Å². The maximum absolute atomic E-state index is 13.0. The summed E-state index contributed by atoms with van der Waals surface area (Å²) in [4.78, 5) is 48.6. The molecule has 4 rings (SSSR count). The number of nitro benzene ring substituents is 1. The number of esters is 1. The average Bonchev–Trinajstić information content (AvgIpc) is 3.07. The molecule has 13 nitrogen and oxygen atoms in total. The molecule has 2 N–H and O–H groups in total. The van der Waals surface area contributed by atoms with Crippen LogP contribution in [0.5, 0.6) is 23.0 Å². The van der Waals surface area contributed by atoms with Crippen molar-refractivity contribution in [2.24, 2.45) is 5.10 Å². The van der Waals surface area contributed by atoms with Gasteiger partial charge in [0.25, 0.3) is 17.5 Å². The third kappa shape index (κ3) is 9.02. The number of benzene rings is 4. The van der Waals surface area contributed by atoms with Gasteiger partial charge in [0, 0.05) is 45.1 Å². The second kappa shape index (κ2) is 15.8. The van der Waals surface area contributed by atoms with Crippen LogP contribution in [0.2, 0.25) is 0 Å². The Kier molecular flexibility index (Phi) is 11.4. The quantitative estimate of drug-likeness (QED) is 0.0448. The molecule has 47 heavy (non-hydrogen) atoms. The van der Waals surface area contributed by atoms with Crippen molar-refractivity contribution in [1.29, 1.82) is 0 Å². The van der Waals surface area contributed by atoms with Gasteiger partial charge in [-0.3, -0.25) is 19.7 Å². The molecule has 0 unspecified atom stereocenters. The van der Waals surface area contributed by atoms with E-state index >= 15 is 0 Å². The largest absolute Gasteiger partial charge is 0.493 e. The van der Waals surface area contributed by atoms with E-state index in [1.807, 2.05) is 0 Å². The summed E-state index contributed by atoms with van der Waals surface area (Å²) >= 11 is 3.36. The molecule has 0 saturated heterocycles. The summed E-state index contributed by atoms with van der Waals surface area (Å²) in [7, 11) is 4.34. The molecule has 240 valence electrons. The predicted molar refractivity (Wildman–Crippen MR) is 177 cm³/mol. The normalized spacial score (nSPS) is 10.8. The number of hydrogen-bond acceptors (Lipinski definition) is 10. The van der Waals surface area contributed by atoms with E-state index in [-0.39, 0.29) is 22.6 Å². The Morgan fingerprint density at radius 2 is 1.53 bits per heavy atom. The first-order chi connectivity index (χ1) is 22.6. The fourth-order valence-electron chi connectivity index (χ4n) is 4.11. The monoisotopic (exact) mass is 702 g/mol. The van der Waals surface area contributed by atoms with E-state index in [9.17, 15) is 24.5 Å². The van der Waals surface area contributed by atoms with Gasteiger partial charge in [0.05, 0.1) is 32.5 Å². The number of amides is 2. The average molecular weight is 704 g/mol. The van der Waals surface area contributed by atoms with Gasteiger partial charge < -0.3 is 24.3 Å². The van der Waals surface area contributed by atoms with Crippen LogP contribution in [-0.2, 0) is 4.79 Å². The van der Waals surface area contributed by atoms with Crippen LogP contribution in [0.4, 0.5) is 11.4 Å². The van der Waals surface area contributed by atoms with E-state index in [0.29, 0.717) is 38.5 Å². The lowest BCUT2D eigenvalue weighted by atomic mass is 10.1. The zero-order chi connectivity index (χ0) is 33.9. The predicted octanol–water partition coefficient (Wildman–Crippen LogP) is 6.02. The number of carbonyl (C=O) groups excluding carboxylic acids is 3. The molecule has 14 heteroatoms. The van der Waals surface area contributed by atoms with Gasteiger partial charge in [-0.1, -0.05) is 22.0 Å². The number of nitrogens with one attached hydrogen (secondary N) is 2. The van der Waals surface area contributed by atoms with Crippen molar-refractivity contribution in [2.75, 3.05) is 26.6 Å². The Hall–Kier alpha value is -6.02. The van der Waals surface area contributed by atoms with Gasteiger partial charge in [0.15, 0.2) is 11.5 Å². The fraction of sp³-hybridized carbons (Fsp3) is 0.0909. The number of ether oxygens (including phenoxy) is 4. The van der Waals surface area contributed by atoms with Gasteiger partial charge in [-0.05, 0) is 72.3 Å². The van der Waals surface area contributed by atoms with Crippen molar-refractivity contribution in [3.05, 3.63) is 122 Å². The smallest absolute Gasteiger partial charge is 0.336 e. The van der Waals surface area contributed by atoms with Crippen LogP contribution in [0, 0.1) is 10.1 Å². The van der Waals surface area contributed by atoms with Crippen molar-refractivity contribution in [3.8, 4) is 23.0 Å². The van der Waals surface area contributed by atoms with E-state index in [2.05, 4.69) is 31.8 Å². The lowest BCUT2D eigenvalue weighted by Gasteiger charge is -2.14. The van der Waals surface area contributed by atoms with Gasteiger partial charge >= 0.3 is 5.97 Å². The van der Waals surface area contributed by atoms with E-state index in [4.69, 9.17) is 18.9 Å². The molecule has 0 aliphatic rings. The highest BCUT2D eigenvalue weighted by Gasteiger charge is 2.18. The molecule has 0 heterocycles. The van der Waals surface area contributed by atoms with Crippen molar-refractivity contribution >= 4 is 57.4 Å². The molecule has 0 aromatic heterocycles. The van der Waals surface area contributed by atoms with Crippen molar-refractivity contribution in [3.63, 3.8) is 0 Å². The Bertz CT molecular complexity index is 1850. The lowest BCUT2D eigenvalue weighted by Crippen LogP contribution is -2.18. The second-order valence-electron chi connectivity index (χ2n) is 9.43. The highest BCUT2D eigenvalue weighted by Crippen LogP contribution is 2.38. The topological polar surface area (TPSA) is 168 Å². The number of hydrogen-bond donors (Lipinski definition) is 2. The minimum absolute atomic E-state index is 0.0671. The number of nitrogens with zero attached hydrogens (tertiary/aromatic N) is 2. The number of nitro groups is 1. The molecule has 4 aromatic carbocycles. The third-order valence-corrected chi connectivity index (χ3v) is 6.87. The maximum atomic E-state index is 13.0. The molecule has 2 amide bonds. The molecule has 0 atom stereocenters. The fourth-order valence-corrected chi connectivity index (χ4v) is 4.48. The number of methoxy groups -OCH3 is 3. The van der Waals surface area contributed by atoms with Crippen LogP contribution in [0.3, 0.4) is 0 Å². The van der Waals surface area contributed by atoms with Gasteiger partial charge in [-0.15, -0.1) is 0 Å². The molecule has 0 spiro atoms. The zero-order valence-corrected chi connectivity index (χ0v) is 26.8. The number of rotatable bonds is 12. The number of anilines is 1. The summed E-state index contributed by atoms with van der Waals surface area (Å²) in [5.74, 6) is -0.606. The molecular weight excluding hydrogens is 676 g/mol. The molecule has 0 saturated carbocycles. The summed E-state index contributed by atoms with van der Waals surface area (Å²) < 4.78 is 22.0. The maximum Gasteiger partial charge on any atom is 0.336 e. The molecule has 0 bridgehead atoms. The Balaban J connectivity index is 1.41. The Labute approximate surface area is 277 Å². The van der Waals surface area contributed by atoms with E-state index in [0.717, 1.165) is 0 Å². The summed E-state index contributed by atoms with van der Waals surface area (Å²) in [5, 5.41) is 17.6. The van der Waals surface area contributed by atoms with Gasteiger partial charge in [-0.25, -0.2) is 10.2 Å². The summed E-state index contributed by atoms with van der Waals surface area (Å²) in [5.41, 5.74) is 4.10. The van der Waals surface area contributed by atoms with Gasteiger partial charge in [0.2, 0.25) is 5.75 Å². The number of halogens is 1. The SMILES string of the molecule is COc1cc(C(=O)Nc2cccc(C(=O)NN=Cc3cc(Br)ccc3OC(=O)/C=C/c3ccc([N+](=O)[O-])cc3)c2)cc(OC)c1OC. The van der Waals surface area contributed by atoms with Crippen LogP contribution in [0.25, 0.3) is 6.08 Å². The van der Waals surface area contributed by atoms with Crippen LogP contribution < -0.4 is 29.7 Å². The van der Waals surface area contributed by atoms with Gasteiger partial charge in [-0.2, -0.15) is 5.10 Å². The van der Waals surface area contributed by atoms with Crippen molar-refractivity contribution in [1.82, 2.24) is 5.43 Å². The first kappa shape index (κ1) is 33.9. The Morgan fingerprint density at radius 1 is 0.830 bits per heavy atom. The highest BCUT2D eigenvalue weighted by atomic mass is 79.9. The third-order valence-electron chi connectivity index (χ3n) is 6.38. The summed E-state index contributed by atoms with van der Waals surface area (Å²) in [6.45, 7) is 0. The van der Waals surface area contributed by atoms with Crippen molar-refractivity contribution < 1.29 is 38.3 Å². The molecule has 4 aromatic rings. The molecule has 0 fully saturated rings. The molecular formula is C33H27BrN4O9. The van der Waals surface area contributed by atoms with Crippen LogP contribution >= 0.6 is 15.9 Å². The Morgan fingerprint density at radius 3 is 2.17 bits per heavy atom.